The molecule has 2 fully saturated rings. The second-order valence-corrected chi connectivity index (χ2v) is 11.9. The molecule has 0 radical (unpaired) electrons. The molecule has 36 heavy (non-hydrogen) atoms. The highest BCUT2D eigenvalue weighted by molar-refractivity contribution is 7.88. The van der Waals surface area contributed by atoms with Crippen molar-refractivity contribution in [3.8, 4) is 17.2 Å². The standard InChI is InChI=1S/C27H29N5O3S/c1-30(2)21-8-9-22-24(16-21)29-17-23(26(33)31-12-14-32(15-13-31)36(3,34)35)25(22)19-4-6-20(7-5-19)27(18-28)10-11-27/h4-9,16-17H,10-15H2,1-3H3. The van der Waals surface area contributed by atoms with Gasteiger partial charge in [0.15, 0.2) is 0 Å². The molecular weight excluding hydrogens is 474 g/mol. The van der Waals surface area contributed by atoms with Crippen LogP contribution >= 0.6 is 0 Å². The first-order valence-electron chi connectivity index (χ1n) is 12.0. The number of amides is 1. The van der Waals surface area contributed by atoms with E-state index in [1.807, 2.05) is 61.5 Å². The topological polar surface area (TPSA) is 97.6 Å². The van der Waals surface area contributed by atoms with E-state index in [1.54, 1.807) is 11.1 Å². The highest BCUT2D eigenvalue weighted by Crippen LogP contribution is 2.48. The Bertz CT molecular complexity index is 1480. The van der Waals surface area contributed by atoms with E-state index in [1.165, 1.54) is 10.6 Å². The molecule has 0 spiro atoms. The second-order valence-electron chi connectivity index (χ2n) is 9.87. The lowest BCUT2D eigenvalue weighted by Crippen LogP contribution is -2.50. The third-order valence-electron chi connectivity index (χ3n) is 7.28. The molecular formula is C27H29N5O3S. The zero-order valence-electron chi connectivity index (χ0n) is 20.7. The van der Waals surface area contributed by atoms with Crippen molar-refractivity contribution in [3.05, 3.63) is 59.8 Å². The average molecular weight is 504 g/mol. The maximum Gasteiger partial charge on any atom is 0.256 e. The fourth-order valence-corrected chi connectivity index (χ4v) is 5.70. The lowest BCUT2D eigenvalue weighted by Gasteiger charge is -2.33. The van der Waals surface area contributed by atoms with Crippen molar-refractivity contribution in [1.82, 2.24) is 14.2 Å². The number of anilines is 1. The molecule has 2 heterocycles. The van der Waals surface area contributed by atoms with Gasteiger partial charge in [-0.25, -0.2) is 8.42 Å². The molecule has 0 N–H and O–H groups in total. The predicted octanol–water partition coefficient (Wildman–Crippen LogP) is 3.24. The Kier molecular flexibility index (Phi) is 5.97. The predicted molar refractivity (Wildman–Crippen MR) is 140 cm³/mol. The average Bonchev–Trinajstić information content (AvgIpc) is 3.68. The Hall–Kier alpha value is -3.48. The molecule has 0 atom stereocenters. The van der Waals surface area contributed by atoms with Crippen molar-refractivity contribution in [2.45, 2.75) is 18.3 Å². The fraction of sp³-hybridized carbons (Fsp3) is 0.370. The van der Waals surface area contributed by atoms with Crippen LogP contribution in [0, 0.1) is 11.3 Å². The largest absolute Gasteiger partial charge is 0.378 e. The lowest BCUT2D eigenvalue weighted by atomic mass is 9.91. The van der Waals surface area contributed by atoms with Gasteiger partial charge >= 0.3 is 0 Å². The summed E-state index contributed by atoms with van der Waals surface area (Å²) in [4.78, 5) is 22.1. The molecule has 5 rings (SSSR count). The number of hydrogen-bond acceptors (Lipinski definition) is 6. The van der Waals surface area contributed by atoms with Gasteiger partial charge in [0.1, 0.15) is 0 Å². The van der Waals surface area contributed by atoms with Gasteiger partial charge < -0.3 is 9.80 Å². The van der Waals surface area contributed by atoms with Crippen LogP contribution in [0.2, 0.25) is 0 Å². The summed E-state index contributed by atoms with van der Waals surface area (Å²) in [6.45, 7) is 1.20. The summed E-state index contributed by atoms with van der Waals surface area (Å²) in [6, 6.07) is 16.4. The van der Waals surface area contributed by atoms with E-state index in [-0.39, 0.29) is 24.4 Å². The molecule has 1 saturated carbocycles. The minimum Gasteiger partial charge on any atom is -0.378 e. The van der Waals surface area contributed by atoms with Crippen LogP contribution in [0.15, 0.2) is 48.7 Å². The molecule has 1 saturated heterocycles. The number of pyridine rings is 1. The van der Waals surface area contributed by atoms with Gasteiger partial charge in [-0.1, -0.05) is 30.3 Å². The number of benzene rings is 2. The van der Waals surface area contributed by atoms with Gasteiger partial charge in [-0.15, -0.1) is 0 Å². The van der Waals surface area contributed by atoms with E-state index in [2.05, 4.69) is 11.1 Å². The molecule has 9 heteroatoms. The van der Waals surface area contributed by atoms with Gasteiger partial charge in [-0.3, -0.25) is 9.78 Å². The Labute approximate surface area is 211 Å². The fourth-order valence-electron chi connectivity index (χ4n) is 4.87. The summed E-state index contributed by atoms with van der Waals surface area (Å²) in [5, 5.41) is 10.5. The SMILES string of the molecule is CN(C)c1ccc2c(-c3ccc(C4(C#N)CC4)cc3)c(C(=O)N3CCN(S(C)(=O)=O)CC3)cnc2c1. The van der Waals surface area contributed by atoms with Crippen LogP contribution in [-0.4, -0.2) is 75.0 Å². The lowest BCUT2D eigenvalue weighted by molar-refractivity contribution is 0.0699. The maximum absolute atomic E-state index is 13.7. The molecule has 3 aromatic rings. The number of hydrogen-bond donors (Lipinski definition) is 0. The quantitative estimate of drug-likeness (QED) is 0.530. The van der Waals surface area contributed by atoms with Crippen LogP contribution in [-0.2, 0) is 15.4 Å². The van der Waals surface area contributed by atoms with Crippen LogP contribution in [0.5, 0.6) is 0 Å². The van der Waals surface area contributed by atoms with Crippen LogP contribution in [0.25, 0.3) is 22.0 Å². The Morgan fingerprint density at radius 3 is 2.28 bits per heavy atom. The van der Waals surface area contributed by atoms with E-state index in [9.17, 15) is 18.5 Å². The number of sulfonamides is 1. The number of carbonyl (C=O) groups excluding carboxylic acids is 1. The van der Waals surface area contributed by atoms with E-state index in [4.69, 9.17) is 0 Å². The molecule has 2 aliphatic rings. The minimum absolute atomic E-state index is 0.163. The third kappa shape index (κ3) is 4.31. The monoisotopic (exact) mass is 503 g/mol. The van der Waals surface area contributed by atoms with Crippen molar-refractivity contribution >= 4 is 32.5 Å². The first-order valence-corrected chi connectivity index (χ1v) is 13.8. The van der Waals surface area contributed by atoms with E-state index in [0.717, 1.165) is 46.1 Å². The van der Waals surface area contributed by atoms with Gasteiger partial charge in [0.05, 0.1) is 28.8 Å². The van der Waals surface area contributed by atoms with Gasteiger partial charge in [-0.2, -0.15) is 9.57 Å². The zero-order chi connectivity index (χ0) is 25.7. The normalized spacial score (nSPS) is 17.6. The summed E-state index contributed by atoms with van der Waals surface area (Å²) in [6.07, 6.45) is 4.57. The summed E-state index contributed by atoms with van der Waals surface area (Å²) < 4.78 is 25.2. The van der Waals surface area contributed by atoms with E-state index >= 15 is 0 Å². The van der Waals surface area contributed by atoms with Crippen molar-refractivity contribution in [3.63, 3.8) is 0 Å². The number of nitrogens with zero attached hydrogens (tertiary/aromatic N) is 5. The van der Waals surface area contributed by atoms with Gasteiger partial charge in [0, 0.05) is 63.1 Å². The van der Waals surface area contributed by atoms with Crippen LogP contribution in [0.4, 0.5) is 5.69 Å². The van der Waals surface area contributed by atoms with Crippen molar-refractivity contribution in [2.75, 3.05) is 51.4 Å². The first-order chi connectivity index (χ1) is 17.1. The molecule has 1 aliphatic carbocycles. The Morgan fingerprint density at radius 1 is 1.06 bits per heavy atom. The van der Waals surface area contributed by atoms with Crippen molar-refractivity contribution < 1.29 is 13.2 Å². The van der Waals surface area contributed by atoms with Crippen LogP contribution in [0.3, 0.4) is 0 Å². The first kappa shape index (κ1) is 24.2. The number of nitriles is 1. The summed E-state index contributed by atoms with van der Waals surface area (Å²) in [5.41, 5.74) is 4.60. The molecule has 0 bridgehead atoms. The summed E-state index contributed by atoms with van der Waals surface area (Å²) >= 11 is 0. The van der Waals surface area contributed by atoms with E-state index in [0.29, 0.717) is 18.7 Å². The number of rotatable bonds is 5. The molecule has 1 amide bonds. The van der Waals surface area contributed by atoms with Crippen molar-refractivity contribution in [2.24, 2.45) is 0 Å². The molecule has 186 valence electrons. The number of fused-ring (bicyclic) bond motifs is 1. The number of aromatic nitrogens is 1. The van der Waals surface area contributed by atoms with Crippen LogP contribution in [0.1, 0.15) is 28.8 Å². The van der Waals surface area contributed by atoms with E-state index < -0.39 is 10.0 Å². The number of carbonyl (C=O) groups is 1. The molecule has 8 nitrogen and oxygen atoms in total. The third-order valence-corrected chi connectivity index (χ3v) is 8.59. The zero-order valence-corrected chi connectivity index (χ0v) is 21.5. The van der Waals surface area contributed by atoms with Crippen molar-refractivity contribution in [1.29, 1.82) is 5.26 Å². The minimum atomic E-state index is -3.29. The smallest absolute Gasteiger partial charge is 0.256 e. The molecule has 1 aromatic heterocycles. The summed E-state index contributed by atoms with van der Waals surface area (Å²) in [7, 11) is 0.652. The highest BCUT2D eigenvalue weighted by atomic mass is 32.2. The number of piperazine rings is 1. The van der Waals surface area contributed by atoms with Gasteiger partial charge in [-0.05, 0) is 36.1 Å². The highest BCUT2D eigenvalue weighted by Gasteiger charge is 2.44. The maximum atomic E-state index is 13.7. The molecule has 0 unspecified atom stereocenters. The Morgan fingerprint density at radius 2 is 1.72 bits per heavy atom. The van der Waals surface area contributed by atoms with Crippen LogP contribution < -0.4 is 4.90 Å². The van der Waals surface area contributed by atoms with Gasteiger partial charge in [0.25, 0.3) is 5.91 Å². The molecule has 1 aliphatic heterocycles. The summed E-state index contributed by atoms with van der Waals surface area (Å²) in [5.74, 6) is -0.163. The molecule has 2 aromatic carbocycles. The second kappa shape index (κ2) is 8.87. The Balaban J connectivity index is 1.57. The van der Waals surface area contributed by atoms with Gasteiger partial charge in [0.2, 0.25) is 10.0 Å².